The van der Waals surface area contributed by atoms with Gasteiger partial charge in [0.1, 0.15) is 11.3 Å². The Morgan fingerprint density at radius 1 is 0.857 bits per heavy atom. The SMILES string of the molecule is COc1cc(OC)c(C(=O)NNC(=O)c2oc3ccccc3c2C)cc1OC. The molecule has 8 nitrogen and oxygen atoms in total. The predicted octanol–water partition coefficient (Wildman–Crippen LogP) is 2.84. The van der Waals surface area contributed by atoms with Gasteiger partial charge in [0.05, 0.1) is 26.9 Å². The van der Waals surface area contributed by atoms with Crippen LogP contribution in [0.4, 0.5) is 0 Å². The number of para-hydroxylation sites is 1. The first-order chi connectivity index (χ1) is 13.5. The van der Waals surface area contributed by atoms with Crippen molar-refractivity contribution in [2.75, 3.05) is 21.3 Å². The molecular formula is C20H20N2O6. The summed E-state index contributed by atoms with van der Waals surface area (Å²) in [6.45, 7) is 1.78. The van der Waals surface area contributed by atoms with E-state index >= 15 is 0 Å². The van der Waals surface area contributed by atoms with Gasteiger partial charge in [0.2, 0.25) is 0 Å². The first-order valence-electron chi connectivity index (χ1n) is 8.39. The van der Waals surface area contributed by atoms with Crippen molar-refractivity contribution in [2.45, 2.75) is 6.92 Å². The minimum atomic E-state index is -0.583. The number of nitrogens with one attached hydrogen (secondary N) is 2. The summed E-state index contributed by atoms with van der Waals surface area (Å²) in [4.78, 5) is 25.0. The number of rotatable bonds is 5. The van der Waals surface area contributed by atoms with E-state index in [1.54, 1.807) is 13.0 Å². The Morgan fingerprint density at radius 2 is 1.46 bits per heavy atom. The summed E-state index contributed by atoms with van der Waals surface area (Å²) in [6.07, 6.45) is 0. The molecule has 146 valence electrons. The van der Waals surface area contributed by atoms with Gasteiger partial charge in [-0.15, -0.1) is 0 Å². The van der Waals surface area contributed by atoms with Crippen LogP contribution in [0.5, 0.6) is 17.2 Å². The molecule has 0 spiro atoms. The lowest BCUT2D eigenvalue weighted by molar-refractivity contribution is 0.0830. The van der Waals surface area contributed by atoms with Crippen molar-refractivity contribution in [1.82, 2.24) is 10.9 Å². The number of fused-ring (bicyclic) bond motifs is 1. The maximum absolute atomic E-state index is 12.6. The number of hydrogen-bond donors (Lipinski definition) is 2. The van der Waals surface area contributed by atoms with Gasteiger partial charge >= 0.3 is 5.91 Å². The molecule has 2 aromatic carbocycles. The predicted molar refractivity (Wildman–Crippen MR) is 102 cm³/mol. The van der Waals surface area contributed by atoms with Gasteiger partial charge in [-0.25, -0.2) is 0 Å². The molecule has 3 aromatic rings. The molecule has 1 aromatic heterocycles. The molecule has 1 heterocycles. The minimum Gasteiger partial charge on any atom is -0.496 e. The van der Waals surface area contributed by atoms with Gasteiger partial charge in [-0.05, 0) is 13.0 Å². The number of methoxy groups -OCH3 is 3. The van der Waals surface area contributed by atoms with Crippen molar-refractivity contribution < 1.29 is 28.2 Å². The van der Waals surface area contributed by atoms with Gasteiger partial charge in [-0.2, -0.15) is 0 Å². The fourth-order valence-corrected chi connectivity index (χ4v) is 2.84. The monoisotopic (exact) mass is 384 g/mol. The van der Waals surface area contributed by atoms with Crippen molar-refractivity contribution in [2.24, 2.45) is 0 Å². The van der Waals surface area contributed by atoms with E-state index in [9.17, 15) is 9.59 Å². The Bertz CT molecular complexity index is 1040. The number of furan rings is 1. The van der Waals surface area contributed by atoms with Crippen LogP contribution in [0.1, 0.15) is 26.5 Å². The lowest BCUT2D eigenvalue weighted by Crippen LogP contribution is -2.41. The highest BCUT2D eigenvalue weighted by atomic mass is 16.5. The third-order valence-corrected chi connectivity index (χ3v) is 4.29. The molecule has 0 aliphatic rings. The zero-order valence-electron chi connectivity index (χ0n) is 15.9. The minimum absolute atomic E-state index is 0.126. The average molecular weight is 384 g/mol. The van der Waals surface area contributed by atoms with E-state index in [2.05, 4.69) is 10.9 Å². The molecule has 28 heavy (non-hydrogen) atoms. The van der Waals surface area contributed by atoms with Crippen LogP contribution >= 0.6 is 0 Å². The second kappa shape index (κ2) is 7.91. The van der Waals surface area contributed by atoms with Gasteiger partial charge in [0.15, 0.2) is 17.3 Å². The number of hydrogen-bond acceptors (Lipinski definition) is 6. The molecule has 2 N–H and O–H groups in total. The van der Waals surface area contributed by atoms with Crippen molar-refractivity contribution >= 4 is 22.8 Å². The maximum Gasteiger partial charge on any atom is 0.305 e. The Hall–Kier alpha value is -3.68. The highest BCUT2D eigenvalue weighted by Gasteiger charge is 2.21. The van der Waals surface area contributed by atoms with E-state index in [4.69, 9.17) is 18.6 Å². The summed E-state index contributed by atoms with van der Waals surface area (Å²) in [5.74, 6) is 0.0113. The van der Waals surface area contributed by atoms with Crippen LogP contribution in [0, 0.1) is 6.92 Å². The molecule has 0 bridgehead atoms. The highest BCUT2D eigenvalue weighted by Crippen LogP contribution is 2.34. The Morgan fingerprint density at radius 3 is 2.11 bits per heavy atom. The van der Waals surface area contributed by atoms with Crippen LogP contribution in [0.25, 0.3) is 11.0 Å². The maximum atomic E-state index is 12.6. The third kappa shape index (κ3) is 3.44. The summed E-state index contributed by atoms with van der Waals surface area (Å²) in [6, 6.07) is 10.3. The summed E-state index contributed by atoms with van der Waals surface area (Å²) in [7, 11) is 4.36. The lowest BCUT2D eigenvalue weighted by Gasteiger charge is -2.14. The molecule has 0 aliphatic heterocycles. The zero-order chi connectivity index (χ0) is 20.3. The van der Waals surface area contributed by atoms with Crippen LogP contribution in [0.2, 0.25) is 0 Å². The van der Waals surface area contributed by atoms with Gasteiger partial charge in [0, 0.05) is 23.1 Å². The second-order valence-electron chi connectivity index (χ2n) is 5.87. The first kappa shape index (κ1) is 19.1. The van der Waals surface area contributed by atoms with Gasteiger partial charge in [0.25, 0.3) is 5.91 Å². The number of carbonyl (C=O) groups excluding carboxylic acids is 2. The highest BCUT2D eigenvalue weighted by molar-refractivity contribution is 6.02. The molecule has 0 fully saturated rings. The van der Waals surface area contributed by atoms with Crippen molar-refractivity contribution in [3.63, 3.8) is 0 Å². The Labute approximate surface area is 161 Å². The summed E-state index contributed by atoms with van der Waals surface area (Å²) in [5, 5.41) is 0.834. The average Bonchev–Trinajstić information content (AvgIpc) is 3.07. The second-order valence-corrected chi connectivity index (χ2v) is 5.87. The van der Waals surface area contributed by atoms with Crippen LogP contribution in [-0.4, -0.2) is 33.1 Å². The van der Waals surface area contributed by atoms with Gasteiger partial charge in [-0.3, -0.25) is 20.4 Å². The van der Waals surface area contributed by atoms with Crippen molar-refractivity contribution in [3.05, 3.63) is 53.3 Å². The van der Waals surface area contributed by atoms with Crippen LogP contribution in [-0.2, 0) is 0 Å². The number of aryl methyl sites for hydroxylation is 1. The number of benzene rings is 2. The largest absolute Gasteiger partial charge is 0.496 e. The van der Waals surface area contributed by atoms with Crippen LogP contribution < -0.4 is 25.1 Å². The van der Waals surface area contributed by atoms with Crippen molar-refractivity contribution in [1.29, 1.82) is 0 Å². The Kier molecular flexibility index (Phi) is 5.39. The molecule has 8 heteroatoms. The third-order valence-electron chi connectivity index (χ3n) is 4.29. The molecular weight excluding hydrogens is 364 g/mol. The first-order valence-corrected chi connectivity index (χ1v) is 8.39. The summed E-state index contributed by atoms with van der Waals surface area (Å²) in [5.41, 5.74) is 6.16. The molecule has 0 radical (unpaired) electrons. The normalized spacial score (nSPS) is 10.4. The van der Waals surface area contributed by atoms with E-state index in [0.717, 1.165) is 5.39 Å². The summed E-state index contributed by atoms with van der Waals surface area (Å²) >= 11 is 0. The Balaban J connectivity index is 1.79. The fraction of sp³-hybridized carbons (Fsp3) is 0.200. The standard InChI is InChI=1S/C20H20N2O6/c1-11-12-7-5-6-8-14(12)28-18(11)20(24)22-21-19(23)13-9-16(26-3)17(27-4)10-15(13)25-2/h5-10H,1-4H3,(H,21,23)(H,22,24). The fourth-order valence-electron chi connectivity index (χ4n) is 2.84. The lowest BCUT2D eigenvalue weighted by atomic mass is 10.1. The van der Waals surface area contributed by atoms with E-state index in [0.29, 0.717) is 22.6 Å². The van der Waals surface area contributed by atoms with Crippen molar-refractivity contribution in [3.8, 4) is 17.2 Å². The number of ether oxygens (including phenoxy) is 3. The van der Waals surface area contributed by atoms with E-state index in [1.807, 2.05) is 18.2 Å². The molecule has 2 amide bonds. The molecule has 0 aliphatic carbocycles. The smallest absolute Gasteiger partial charge is 0.305 e. The van der Waals surface area contributed by atoms with Crippen LogP contribution in [0.3, 0.4) is 0 Å². The molecule has 0 saturated carbocycles. The number of hydrazine groups is 1. The van der Waals surface area contributed by atoms with E-state index in [-0.39, 0.29) is 17.1 Å². The van der Waals surface area contributed by atoms with Gasteiger partial charge < -0.3 is 18.6 Å². The van der Waals surface area contributed by atoms with Crippen LogP contribution in [0.15, 0.2) is 40.8 Å². The molecule has 0 unspecified atom stereocenters. The summed E-state index contributed by atoms with van der Waals surface area (Å²) < 4.78 is 21.2. The number of amides is 2. The van der Waals surface area contributed by atoms with E-state index in [1.165, 1.54) is 33.5 Å². The molecule has 0 atom stereocenters. The zero-order valence-corrected chi connectivity index (χ0v) is 15.9. The topological polar surface area (TPSA) is 99.0 Å². The van der Waals surface area contributed by atoms with Gasteiger partial charge in [-0.1, -0.05) is 18.2 Å². The number of carbonyl (C=O) groups is 2. The molecule has 3 rings (SSSR count). The van der Waals surface area contributed by atoms with E-state index < -0.39 is 11.8 Å². The quantitative estimate of drug-likeness (QED) is 0.657. The molecule has 0 saturated heterocycles.